The predicted molar refractivity (Wildman–Crippen MR) is 89.6 cm³/mol. The van der Waals surface area contributed by atoms with Gasteiger partial charge in [-0.3, -0.25) is 4.79 Å². The van der Waals surface area contributed by atoms with E-state index in [0.29, 0.717) is 30.3 Å². The van der Waals surface area contributed by atoms with Crippen LogP contribution >= 0.6 is 0 Å². The molecule has 1 heterocycles. The number of hydrogen-bond donors (Lipinski definition) is 0. The molecule has 0 bridgehead atoms. The molecule has 0 aliphatic carbocycles. The fraction of sp³-hybridized carbons (Fsp3) is 0.263. The van der Waals surface area contributed by atoms with Crippen LogP contribution in [0.3, 0.4) is 0 Å². The molecule has 0 N–H and O–H groups in total. The summed E-state index contributed by atoms with van der Waals surface area (Å²) in [6.07, 6.45) is 0.753. The average molecular weight is 360 g/mol. The number of ketones is 1. The number of halogens is 1. The lowest BCUT2D eigenvalue weighted by atomic mass is 10.1. The topological polar surface area (TPSA) is 71.1 Å². The number of fused-ring (bicyclic) bond motifs is 1. The van der Waals surface area contributed by atoms with Crippen molar-refractivity contribution in [2.75, 3.05) is 26.9 Å². The molecule has 1 aliphatic heterocycles. The second-order valence-electron chi connectivity index (χ2n) is 5.56. The van der Waals surface area contributed by atoms with E-state index in [1.165, 1.54) is 19.2 Å². The lowest BCUT2D eigenvalue weighted by molar-refractivity contribution is 0.0470. The summed E-state index contributed by atoms with van der Waals surface area (Å²) in [7, 11) is 1.39. The zero-order chi connectivity index (χ0) is 18.5. The highest BCUT2D eigenvalue weighted by molar-refractivity contribution is 5.99. The standard InChI is InChI=1S/C19H17FO6/c1-23-13-4-5-14(15(20)10-13)19(22)26-11-16(21)12-3-6-17-18(9-12)25-8-2-7-24-17/h3-6,9-10H,2,7-8,11H2,1H3. The number of esters is 1. The van der Waals surface area contributed by atoms with Gasteiger partial charge in [-0.1, -0.05) is 0 Å². The molecule has 0 unspecified atom stereocenters. The number of benzene rings is 2. The molecule has 6 nitrogen and oxygen atoms in total. The molecule has 0 atom stereocenters. The van der Waals surface area contributed by atoms with Crippen LogP contribution in [0.4, 0.5) is 4.39 Å². The second-order valence-corrected chi connectivity index (χ2v) is 5.56. The zero-order valence-corrected chi connectivity index (χ0v) is 14.1. The molecule has 0 fully saturated rings. The second kappa shape index (κ2) is 7.86. The van der Waals surface area contributed by atoms with Crippen LogP contribution in [0.2, 0.25) is 0 Å². The van der Waals surface area contributed by atoms with Gasteiger partial charge in [0.2, 0.25) is 0 Å². The number of carbonyl (C=O) groups excluding carboxylic acids is 2. The molecule has 0 radical (unpaired) electrons. The third-order valence-electron chi connectivity index (χ3n) is 3.80. The van der Waals surface area contributed by atoms with Crippen LogP contribution in [0.1, 0.15) is 27.1 Å². The van der Waals surface area contributed by atoms with Crippen LogP contribution in [0.25, 0.3) is 0 Å². The maximum atomic E-state index is 13.9. The molecule has 0 aromatic heterocycles. The molecule has 0 spiro atoms. The van der Waals surface area contributed by atoms with Crippen LogP contribution in [0, 0.1) is 5.82 Å². The molecular formula is C19H17FO6. The monoisotopic (exact) mass is 360 g/mol. The van der Waals surface area contributed by atoms with E-state index in [-0.39, 0.29) is 11.3 Å². The fourth-order valence-electron chi connectivity index (χ4n) is 2.42. The summed E-state index contributed by atoms with van der Waals surface area (Å²) < 4.78 is 34.7. The van der Waals surface area contributed by atoms with Crippen molar-refractivity contribution in [1.29, 1.82) is 0 Å². The Labute approximate surface area is 149 Å². The van der Waals surface area contributed by atoms with Gasteiger partial charge >= 0.3 is 5.97 Å². The molecule has 136 valence electrons. The van der Waals surface area contributed by atoms with Gasteiger partial charge in [-0.15, -0.1) is 0 Å². The summed E-state index contributed by atoms with van der Waals surface area (Å²) in [4.78, 5) is 24.2. The number of carbonyl (C=O) groups is 2. The third-order valence-corrected chi connectivity index (χ3v) is 3.80. The number of ether oxygens (including phenoxy) is 4. The first-order valence-corrected chi connectivity index (χ1v) is 8.02. The van der Waals surface area contributed by atoms with E-state index in [1.807, 2.05) is 0 Å². The molecule has 2 aromatic rings. The van der Waals surface area contributed by atoms with Gasteiger partial charge < -0.3 is 18.9 Å². The number of methoxy groups -OCH3 is 1. The van der Waals surface area contributed by atoms with E-state index >= 15 is 0 Å². The van der Waals surface area contributed by atoms with Gasteiger partial charge in [0.25, 0.3) is 0 Å². The van der Waals surface area contributed by atoms with Crippen molar-refractivity contribution in [3.05, 3.63) is 53.3 Å². The normalized spacial score (nSPS) is 12.8. The molecular weight excluding hydrogens is 343 g/mol. The van der Waals surface area contributed by atoms with Crippen LogP contribution in [-0.4, -0.2) is 38.7 Å². The van der Waals surface area contributed by atoms with E-state index < -0.39 is 24.2 Å². The lowest BCUT2D eigenvalue weighted by Gasteiger charge is -2.09. The summed E-state index contributed by atoms with van der Waals surface area (Å²) in [5.74, 6) is -0.812. The third kappa shape index (κ3) is 3.93. The minimum Gasteiger partial charge on any atom is -0.497 e. The quantitative estimate of drug-likeness (QED) is 0.603. The van der Waals surface area contributed by atoms with E-state index in [1.54, 1.807) is 18.2 Å². The van der Waals surface area contributed by atoms with Gasteiger partial charge in [-0.25, -0.2) is 9.18 Å². The first-order chi connectivity index (χ1) is 12.6. The SMILES string of the molecule is COc1ccc(C(=O)OCC(=O)c2ccc3c(c2)OCCCO3)c(F)c1. The van der Waals surface area contributed by atoms with Crippen molar-refractivity contribution in [1.82, 2.24) is 0 Å². The molecule has 1 aliphatic rings. The highest BCUT2D eigenvalue weighted by Gasteiger charge is 2.18. The molecule has 0 amide bonds. The highest BCUT2D eigenvalue weighted by Crippen LogP contribution is 2.30. The van der Waals surface area contributed by atoms with E-state index in [9.17, 15) is 14.0 Å². The van der Waals surface area contributed by atoms with E-state index in [2.05, 4.69) is 0 Å². The van der Waals surface area contributed by atoms with E-state index in [4.69, 9.17) is 18.9 Å². The maximum absolute atomic E-state index is 13.9. The largest absolute Gasteiger partial charge is 0.497 e. The van der Waals surface area contributed by atoms with Crippen LogP contribution in [0.5, 0.6) is 17.2 Å². The van der Waals surface area contributed by atoms with Gasteiger partial charge in [-0.05, 0) is 30.3 Å². The Hall–Kier alpha value is -3.09. The molecule has 2 aromatic carbocycles. The van der Waals surface area contributed by atoms with Gasteiger partial charge in [0.15, 0.2) is 23.9 Å². The van der Waals surface area contributed by atoms with Gasteiger partial charge in [0.05, 0.1) is 25.9 Å². The molecule has 26 heavy (non-hydrogen) atoms. The smallest absolute Gasteiger partial charge is 0.341 e. The van der Waals surface area contributed by atoms with Gasteiger partial charge in [0.1, 0.15) is 11.6 Å². The zero-order valence-electron chi connectivity index (χ0n) is 14.1. The minimum absolute atomic E-state index is 0.266. The fourth-order valence-corrected chi connectivity index (χ4v) is 2.42. The summed E-state index contributed by atoms with van der Waals surface area (Å²) in [6, 6.07) is 8.50. The Kier molecular flexibility index (Phi) is 5.36. The molecule has 0 saturated carbocycles. The molecule has 0 saturated heterocycles. The van der Waals surface area contributed by atoms with E-state index in [0.717, 1.165) is 12.5 Å². The Bertz CT molecular complexity index is 833. The van der Waals surface area contributed by atoms with Gasteiger partial charge in [-0.2, -0.15) is 0 Å². The minimum atomic E-state index is -0.923. The summed E-state index contributed by atoms with van der Waals surface area (Å²) in [5.41, 5.74) is 0.0505. The Morgan fingerprint density at radius 1 is 1.08 bits per heavy atom. The maximum Gasteiger partial charge on any atom is 0.341 e. The van der Waals surface area contributed by atoms with Crippen molar-refractivity contribution in [3.8, 4) is 17.2 Å². The lowest BCUT2D eigenvalue weighted by Crippen LogP contribution is -2.15. The van der Waals surface area contributed by atoms with Crippen molar-refractivity contribution in [2.45, 2.75) is 6.42 Å². The molecule has 7 heteroatoms. The Morgan fingerprint density at radius 2 is 1.85 bits per heavy atom. The summed E-state index contributed by atoms with van der Waals surface area (Å²) in [6.45, 7) is 0.533. The van der Waals surface area contributed by atoms with Crippen LogP contribution < -0.4 is 14.2 Å². The first kappa shape index (κ1) is 17.7. The highest BCUT2D eigenvalue weighted by atomic mass is 19.1. The summed E-state index contributed by atoms with van der Waals surface area (Å²) in [5, 5.41) is 0. The van der Waals surface area contributed by atoms with Gasteiger partial charge in [0, 0.05) is 18.1 Å². The molecule has 3 rings (SSSR count). The first-order valence-electron chi connectivity index (χ1n) is 8.02. The van der Waals surface area contributed by atoms with Crippen molar-refractivity contribution in [3.63, 3.8) is 0 Å². The Balaban J connectivity index is 1.65. The summed E-state index contributed by atoms with van der Waals surface area (Å²) >= 11 is 0. The van der Waals surface area contributed by atoms with Crippen LogP contribution in [0.15, 0.2) is 36.4 Å². The van der Waals surface area contributed by atoms with Crippen LogP contribution in [-0.2, 0) is 4.74 Å². The van der Waals surface area contributed by atoms with Crippen molar-refractivity contribution < 1.29 is 32.9 Å². The number of Topliss-reactive ketones (excluding diaryl/α,β-unsaturated/α-hetero) is 1. The predicted octanol–water partition coefficient (Wildman–Crippen LogP) is 3.04. The Morgan fingerprint density at radius 3 is 2.58 bits per heavy atom. The van der Waals surface area contributed by atoms with Crippen molar-refractivity contribution in [2.24, 2.45) is 0 Å². The van der Waals surface area contributed by atoms with Crippen molar-refractivity contribution >= 4 is 11.8 Å². The number of rotatable bonds is 5. The number of hydrogen-bond acceptors (Lipinski definition) is 6. The average Bonchev–Trinajstić information content (AvgIpc) is 2.90.